The van der Waals surface area contributed by atoms with E-state index < -0.39 is 0 Å². The van der Waals surface area contributed by atoms with Gasteiger partial charge in [-0.25, -0.2) is 0 Å². The fraction of sp³-hybridized carbons (Fsp3) is 0.632. The van der Waals surface area contributed by atoms with Crippen LogP contribution >= 0.6 is 0 Å². The summed E-state index contributed by atoms with van der Waals surface area (Å²) in [5.74, 6) is 1.11. The Labute approximate surface area is 134 Å². The lowest BCUT2D eigenvalue weighted by Gasteiger charge is -2.31. The zero-order chi connectivity index (χ0) is 15.9. The maximum Gasteiger partial charge on any atom is 0.166 e. The van der Waals surface area contributed by atoms with Crippen molar-refractivity contribution in [3.8, 4) is 0 Å². The Hall–Kier alpha value is -1.19. The van der Waals surface area contributed by atoms with Crippen LogP contribution in [0, 0.1) is 11.8 Å². The van der Waals surface area contributed by atoms with Crippen molar-refractivity contribution in [2.75, 3.05) is 26.2 Å². The SMILES string of the molecule is CC(C)Cc1ccc(C(=O)C2CCN(CCCO)CC2)cc1. The second-order valence-electron chi connectivity index (χ2n) is 6.85. The van der Waals surface area contributed by atoms with Gasteiger partial charge >= 0.3 is 0 Å². The van der Waals surface area contributed by atoms with Crippen LogP contribution in [-0.2, 0) is 6.42 Å². The van der Waals surface area contributed by atoms with E-state index in [4.69, 9.17) is 5.11 Å². The molecule has 0 bridgehead atoms. The van der Waals surface area contributed by atoms with E-state index in [1.165, 1.54) is 5.56 Å². The highest BCUT2D eigenvalue weighted by Gasteiger charge is 2.25. The van der Waals surface area contributed by atoms with Gasteiger partial charge in [0.2, 0.25) is 0 Å². The van der Waals surface area contributed by atoms with Gasteiger partial charge in [0.25, 0.3) is 0 Å². The molecule has 22 heavy (non-hydrogen) atoms. The normalized spacial score (nSPS) is 17.1. The Morgan fingerprint density at radius 1 is 1.23 bits per heavy atom. The molecule has 3 nitrogen and oxygen atoms in total. The second-order valence-corrected chi connectivity index (χ2v) is 6.85. The standard InChI is InChI=1S/C19H29NO2/c1-15(2)14-16-4-6-17(7-5-16)19(22)18-8-11-20(12-9-18)10-3-13-21/h4-7,15,18,21H,3,8-14H2,1-2H3. The Morgan fingerprint density at radius 2 is 1.86 bits per heavy atom. The zero-order valence-electron chi connectivity index (χ0n) is 13.9. The number of aliphatic hydroxyl groups is 1. The van der Waals surface area contributed by atoms with Gasteiger partial charge in [-0.05, 0) is 50.3 Å². The average molecular weight is 303 g/mol. The minimum Gasteiger partial charge on any atom is -0.396 e. The quantitative estimate of drug-likeness (QED) is 0.787. The van der Waals surface area contributed by atoms with Gasteiger partial charge in [-0.3, -0.25) is 4.79 Å². The number of hydrogen-bond donors (Lipinski definition) is 1. The molecule has 0 saturated carbocycles. The largest absolute Gasteiger partial charge is 0.396 e. The molecule has 1 aliphatic heterocycles. The number of piperidine rings is 1. The third-order valence-corrected chi connectivity index (χ3v) is 4.47. The number of ketones is 1. The van der Waals surface area contributed by atoms with Crippen LogP contribution in [0.15, 0.2) is 24.3 Å². The highest BCUT2D eigenvalue weighted by atomic mass is 16.3. The third kappa shape index (κ3) is 4.92. The lowest BCUT2D eigenvalue weighted by Crippen LogP contribution is -2.37. The molecule has 0 radical (unpaired) electrons. The predicted octanol–water partition coefficient (Wildman–Crippen LogP) is 3.16. The Kier molecular flexibility index (Phi) is 6.59. The van der Waals surface area contributed by atoms with Gasteiger partial charge in [-0.15, -0.1) is 0 Å². The van der Waals surface area contributed by atoms with E-state index in [9.17, 15) is 4.79 Å². The van der Waals surface area contributed by atoms with E-state index in [0.717, 1.165) is 50.9 Å². The van der Waals surface area contributed by atoms with Crippen LogP contribution in [0.1, 0.15) is 49.0 Å². The van der Waals surface area contributed by atoms with Crippen molar-refractivity contribution in [2.24, 2.45) is 11.8 Å². The van der Waals surface area contributed by atoms with E-state index >= 15 is 0 Å². The minimum absolute atomic E-state index is 0.168. The molecule has 3 heteroatoms. The van der Waals surface area contributed by atoms with Crippen molar-refractivity contribution in [3.63, 3.8) is 0 Å². The number of nitrogens with zero attached hydrogens (tertiary/aromatic N) is 1. The van der Waals surface area contributed by atoms with Gasteiger partial charge in [-0.1, -0.05) is 38.1 Å². The summed E-state index contributed by atoms with van der Waals surface area (Å²) in [6.45, 7) is 7.57. The summed E-state index contributed by atoms with van der Waals surface area (Å²) in [5, 5.41) is 8.88. The molecule has 0 aliphatic carbocycles. The molecule has 0 aromatic heterocycles. The van der Waals surface area contributed by atoms with Crippen LogP contribution in [0.3, 0.4) is 0 Å². The highest BCUT2D eigenvalue weighted by Crippen LogP contribution is 2.22. The molecular weight excluding hydrogens is 274 g/mol. The number of likely N-dealkylation sites (tertiary alicyclic amines) is 1. The summed E-state index contributed by atoms with van der Waals surface area (Å²) in [6.07, 6.45) is 3.78. The molecule has 1 aromatic rings. The summed E-state index contributed by atoms with van der Waals surface area (Å²) in [7, 11) is 0. The highest BCUT2D eigenvalue weighted by molar-refractivity contribution is 5.97. The average Bonchev–Trinajstić information content (AvgIpc) is 2.53. The maximum absolute atomic E-state index is 12.6. The molecule has 0 spiro atoms. The topological polar surface area (TPSA) is 40.5 Å². The summed E-state index contributed by atoms with van der Waals surface area (Å²) >= 11 is 0. The van der Waals surface area contributed by atoms with Crippen LogP contribution < -0.4 is 0 Å². The first-order valence-corrected chi connectivity index (χ1v) is 8.56. The first kappa shape index (κ1) is 17.2. The summed E-state index contributed by atoms with van der Waals surface area (Å²) in [6, 6.07) is 8.20. The smallest absolute Gasteiger partial charge is 0.166 e. The van der Waals surface area contributed by atoms with Gasteiger partial charge < -0.3 is 10.0 Å². The maximum atomic E-state index is 12.6. The molecule has 122 valence electrons. The van der Waals surface area contributed by atoms with Gasteiger partial charge in [0.15, 0.2) is 5.78 Å². The summed E-state index contributed by atoms with van der Waals surface area (Å²) in [4.78, 5) is 14.9. The van der Waals surface area contributed by atoms with Gasteiger partial charge in [0.1, 0.15) is 0 Å². The van der Waals surface area contributed by atoms with Crippen LogP contribution in [-0.4, -0.2) is 42.0 Å². The first-order chi connectivity index (χ1) is 10.6. The van der Waals surface area contributed by atoms with Gasteiger partial charge in [0.05, 0.1) is 0 Å². The fourth-order valence-corrected chi connectivity index (χ4v) is 3.23. The Morgan fingerprint density at radius 3 is 2.41 bits per heavy atom. The molecule has 1 N–H and O–H groups in total. The minimum atomic E-state index is 0.168. The Balaban J connectivity index is 1.87. The molecule has 0 atom stereocenters. The summed E-state index contributed by atoms with van der Waals surface area (Å²) in [5.41, 5.74) is 2.17. The van der Waals surface area contributed by atoms with E-state index in [0.29, 0.717) is 11.7 Å². The van der Waals surface area contributed by atoms with E-state index in [2.05, 4.69) is 30.9 Å². The zero-order valence-corrected chi connectivity index (χ0v) is 13.9. The van der Waals surface area contributed by atoms with Crippen molar-refractivity contribution in [1.82, 2.24) is 4.90 Å². The van der Waals surface area contributed by atoms with Gasteiger partial charge in [0, 0.05) is 24.6 Å². The molecular formula is C19H29NO2. The number of rotatable bonds is 7. The number of carbonyl (C=O) groups excluding carboxylic acids is 1. The van der Waals surface area contributed by atoms with E-state index in [1.54, 1.807) is 0 Å². The first-order valence-electron chi connectivity index (χ1n) is 8.56. The molecule has 1 fully saturated rings. The molecule has 1 heterocycles. The van der Waals surface area contributed by atoms with Gasteiger partial charge in [-0.2, -0.15) is 0 Å². The van der Waals surface area contributed by atoms with Crippen LogP contribution in [0.5, 0.6) is 0 Å². The predicted molar refractivity (Wildman–Crippen MR) is 90.2 cm³/mol. The van der Waals surface area contributed by atoms with Crippen LogP contribution in [0.2, 0.25) is 0 Å². The molecule has 1 aromatic carbocycles. The molecule has 0 amide bonds. The molecule has 1 aliphatic rings. The van der Waals surface area contributed by atoms with E-state index in [1.807, 2.05) is 12.1 Å². The van der Waals surface area contributed by atoms with Crippen molar-refractivity contribution in [2.45, 2.75) is 39.5 Å². The fourth-order valence-electron chi connectivity index (χ4n) is 3.23. The number of carbonyl (C=O) groups is 1. The number of hydrogen-bond acceptors (Lipinski definition) is 3. The summed E-state index contributed by atoms with van der Waals surface area (Å²) < 4.78 is 0. The number of aliphatic hydroxyl groups excluding tert-OH is 1. The van der Waals surface area contributed by atoms with Crippen LogP contribution in [0.25, 0.3) is 0 Å². The van der Waals surface area contributed by atoms with E-state index in [-0.39, 0.29) is 12.5 Å². The van der Waals surface area contributed by atoms with Crippen molar-refractivity contribution in [3.05, 3.63) is 35.4 Å². The van der Waals surface area contributed by atoms with Crippen LogP contribution in [0.4, 0.5) is 0 Å². The lowest BCUT2D eigenvalue weighted by atomic mass is 9.88. The molecule has 2 rings (SSSR count). The molecule has 1 saturated heterocycles. The second kappa shape index (κ2) is 8.44. The Bertz CT molecular complexity index is 459. The number of benzene rings is 1. The number of Topliss-reactive ketones (excluding diaryl/α,β-unsaturated/α-hetero) is 1. The van der Waals surface area contributed by atoms with Crippen molar-refractivity contribution in [1.29, 1.82) is 0 Å². The van der Waals surface area contributed by atoms with Crippen molar-refractivity contribution < 1.29 is 9.90 Å². The lowest BCUT2D eigenvalue weighted by molar-refractivity contribution is 0.0834. The monoisotopic (exact) mass is 303 g/mol. The van der Waals surface area contributed by atoms with Crippen molar-refractivity contribution >= 4 is 5.78 Å². The molecule has 0 unspecified atom stereocenters. The third-order valence-electron chi connectivity index (χ3n) is 4.47.